The van der Waals surface area contributed by atoms with E-state index in [1.54, 1.807) is 19.3 Å². The molecule has 2 heterocycles. The monoisotopic (exact) mass is 323 g/mol. The zero-order valence-electron chi connectivity index (χ0n) is 10.4. The normalized spacial score (nSPS) is 10.5. The van der Waals surface area contributed by atoms with Crippen molar-refractivity contribution in [3.05, 3.63) is 46.0 Å². The van der Waals surface area contributed by atoms with Crippen LogP contribution in [-0.2, 0) is 13.2 Å². The summed E-state index contributed by atoms with van der Waals surface area (Å²) in [5.74, 6) is 0.110. The topological polar surface area (TPSA) is 78.3 Å². The van der Waals surface area contributed by atoms with Crippen molar-refractivity contribution in [2.24, 2.45) is 0 Å². The minimum atomic E-state index is -0.161. The Kier molecular flexibility index (Phi) is 4.34. The Labute approximate surface area is 119 Å². The van der Waals surface area contributed by atoms with Gasteiger partial charge in [-0.15, -0.1) is 0 Å². The first-order chi connectivity index (χ1) is 9.13. The van der Waals surface area contributed by atoms with Crippen LogP contribution in [-0.4, -0.2) is 20.2 Å². The summed E-state index contributed by atoms with van der Waals surface area (Å²) in [4.78, 5) is 8.13. The Morgan fingerprint density at radius 3 is 2.84 bits per heavy atom. The van der Waals surface area contributed by atoms with E-state index in [0.29, 0.717) is 28.0 Å². The van der Waals surface area contributed by atoms with Crippen molar-refractivity contribution >= 4 is 21.6 Å². The predicted molar refractivity (Wildman–Crippen MR) is 75.8 cm³/mol. The standard InChI is InChI=1S/C13H14BrN3O2/c1-8-12(19)10(9(7-18)5-16-8)6-17-11-3-2-4-15-13(11)14/h2-5,17-19H,6-7H2,1H3. The quantitative estimate of drug-likeness (QED) is 0.753. The second kappa shape index (κ2) is 5.99. The van der Waals surface area contributed by atoms with E-state index in [-0.39, 0.29) is 12.4 Å². The number of aromatic nitrogens is 2. The third-order valence-corrected chi connectivity index (χ3v) is 3.45. The average Bonchev–Trinajstić information content (AvgIpc) is 2.42. The molecule has 0 amide bonds. The molecular weight excluding hydrogens is 310 g/mol. The van der Waals surface area contributed by atoms with E-state index in [1.165, 1.54) is 0 Å². The van der Waals surface area contributed by atoms with Crippen molar-refractivity contribution in [1.29, 1.82) is 0 Å². The molecule has 0 saturated carbocycles. The fraction of sp³-hybridized carbons (Fsp3) is 0.231. The molecule has 0 aliphatic heterocycles. The van der Waals surface area contributed by atoms with Gasteiger partial charge in [0.1, 0.15) is 10.4 Å². The van der Waals surface area contributed by atoms with Crippen molar-refractivity contribution in [3.63, 3.8) is 0 Å². The minimum absolute atomic E-state index is 0.110. The van der Waals surface area contributed by atoms with Crippen LogP contribution in [0.4, 0.5) is 5.69 Å². The third kappa shape index (κ3) is 3.02. The summed E-state index contributed by atoms with van der Waals surface area (Å²) in [7, 11) is 0. The van der Waals surface area contributed by atoms with Crippen molar-refractivity contribution in [1.82, 2.24) is 9.97 Å². The number of pyridine rings is 2. The van der Waals surface area contributed by atoms with E-state index in [2.05, 4.69) is 31.2 Å². The number of halogens is 1. The molecule has 0 unspecified atom stereocenters. The van der Waals surface area contributed by atoms with E-state index >= 15 is 0 Å². The van der Waals surface area contributed by atoms with Gasteiger partial charge in [-0.25, -0.2) is 4.98 Å². The molecular formula is C13H14BrN3O2. The lowest BCUT2D eigenvalue weighted by atomic mass is 10.1. The Balaban J connectivity index is 2.24. The van der Waals surface area contributed by atoms with Crippen LogP contribution in [0.1, 0.15) is 16.8 Å². The molecule has 0 atom stereocenters. The lowest BCUT2D eigenvalue weighted by Crippen LogP contribution is -2.06. The number of hydrogen-bond acceptors (Lipinski definition) is 5. The first kappa shape index (κ1) is 13.8. The molecule has 0 radical (unpaired) electrons. The van der Waals surface area contributed by atoms with Crippen LogP contribution in [0, 0.1) is 6.92 Å². The molecule has 0 saturated heterocycles. The summed E-state index contributed by atoms with van der Waals surface area (Å²) in [6, 6.07) is 3.69. The summed E-state index contributed by atoms with van der Waals surface area (Å²) in [6.45, 7) is 1.95. The smallest absolute Gasteiger partial charge is 0.142 e. The molecule has 0 spiro atoms. The van der Waals surface area contributed by atoms with Crippen LogP contribution in [0.5, 0.6) is 5.75 Å². The van der Waals surface area contributed by atoms with Gasteiger partial charge in [-0.3, -0.25) is 4.98 Å². The predicted octanol–water partition coefficient (Wildman–Crippen LogP) is 2.36. The fourth-order valence-corrected chi connectivity index (χ4v) is 2.11. The van der Waals surface area contributed by atoms with E-state index in [0.717, 1.165) is 5.69 Å². The molecule has 2 aromatic heterocycles. The minimum Gasteiger partial charge on any atom is -0.506 e. The number of nitrogens with one attached hydrogen (secondary N) is 1. The Morgan fingerprint density at radius 1 is 1.37 bits per heavy atom. The molecule has 3 N–H and O–H groups in total. The Hall–Kier alpha value is -1.66. The zero-order chi connectivity index (χ0) is 13.8. The highest BCUT2D eigenvalue weighted by Gasteiger charge is 2.11. The first-order valence-corrected chi connectivity index (χ1v) is 6.54. The van der Waals surface area contributed by atoms with Crippen LogP contribution in [0.15, 0.2) is 29.1 Å². The lowest BCUT2D eigenvalue weighted by molar-refractivity contribution is 0.279. The molecule has 100 valence electrons. The third-order valence-electron chi connectivity index (χ3n) is 2.82. The lowest BCUT2D eigenvalue weighted by Gasteiger charge is -2.13. The van der Waals surface area contributed by atoms with Gasteiger partial charge >= 0.3 is 0 Å². The van der Waals surface area contributed by atoms with Crippen LogP contribution < -0.4 is 5.32 Å². The van der Waals surface area contributed by atoms with Crippen LogP contribution >= 0.6 is 15.9 Å². The first-order valence-electron chi connectivity index (χ1n) is 5.75. The second-order valence-electron chi connectivity index (χ2n) is 4.05. The van der Waals surface area contributed by atoms with Gasteiger partial charge in [0.05, 0.1) is 18.0 Å². The highest BCUT2D eigenvalue weighted by molar-refractivity contribution is 9.10. The molecule has 2 rings (SSSR count). The van der Waals surface area contributed by atoms with Gasteiger partial charge in [0.25, 0.3) is 0 Å². The number of aliphatic hydroxyl groups excluding tert-OH is 1. The van der Waals surface area contributed by atoms with Gasteiger partial charge in [0, 0.05) is 30.1 Å². The molecule has 0 aliphatic rings. The second-order valence-corrected chi connectivity index (χ2v) is 4.80. The van der Waals surface area contributed by atoms with Crippen LogP contribution in [0.2, 0.25) is 0 Å². The fourth-order valence-electron chi connectivity index (χ4n) is 1.72. The summed E-state index contributed by atoms with van der Waals surface area (Å²) in [5, 5.41) is 22.5. The number of hydrogen-bond donors (Lipinski definition) is 3. The maximum absolute atomic E-state index is 10.0. The number of aromatic hydroxyl groups is 1. The van der Waals surface area contributed by atoms with Gasteiger partial charge in [0.2, 0.25) is 0 Å². The van der Waals surface area contributed by atoms with Gasteiger partial charge in [-0.05, 0) is 35.0 Å². The molecule has 0 aromatic carbocycles. The molecule has 0 bridgehead atoms. The molecule has 0 aliphatic carbocycles. The van der Waals surface area contributed by atoms with Crippen LogP contribution in [0.3, 0.4) is 0 Å². The summed E-state index contributed by atoms with van der Waals surface area (Å²) in [5.41, 5.74) is 2.61. The van der Waals surface area contributed by atoms with E-state index in [1.807, 2.05) is 12.1 Å². The Bertz CT molecular complexity index is 590. The maximum Gasteiger partial charge on any atom is 0.142 e. The van der Waals surface area contributed by atoms with Crippen molar-refractivity contribution in [2.75, 3.05) is 5.32 Å². The molecule has 0 fully saturated rings. The summed E-state index contributed by atoms with van der Waals surface area (Å²) < 4.78 is 0.700. The number of nitrogens with zero attached hydrogens (tertiary/aromatic N) is 2. The van der Waals surface area contributed by atoms with Gasteiger partial charge in [-0.1, -0.05) is 0 Å². The maximum atomic E-state index is 10.0. The van der Waals surface area contributed by atoms with E-state index in [4.69, 9.17) is 0 Å². The van der Waals surface area contributed by atoms with Gasteiger partial charge in [-0.2, -0.15) is 0 Å². The van der Waals surface area contributed by atoms with Gasteiger partial charge < -0.3 is 15.5 Å². The van der Waals surface area contributed by atoms with Crippen molar-refractivity contribution in [3.8, 4) is 5.75 Å². The SMILES string of the molecule is Cc1ncc(CO)c(CNc2cccnc2Br)c1O. The van der Waals surface area contributed by atoms with E-state index in [9.17, 15) is 10.2 Å². The average molecular weight is 324 g/mol. The van der Waals surface area contributed by atoms with Gasteiger partial charge in [0.15, 0.2) is 0 Å². The molecule has 5 nitrogen and oxygen atoms in total. The number of anilines is 1. The Morgan fingerprint density at radius 2 is 2.16 bits per heavy atom. The van der Waals surface area contributed by atoms with E-state index < -0.39 is 0 Å². The molecule has 6 heteroatoms. The number of rotatable bonds is 4. The highest BCUT2D eigenvalue weighted by atomic mass is 79.9. The van der Waals surface area contributed by atoms with Crippen molar-refractivity contribution < 1.29 is 10.2 Å². The number of aliphatic hydroxyl groups is 1. The molecule has 2 aromatic rings. The number of aryl methyl sites for hydroxylation is 1. The van der Waals surface area contributed by atoms with Crippen LogP contribution in [0.25, 0.3) is 0 Å². The van der Waals surface area contributed by atoms with Crippen molar-refractivity contribution in [2.45, 2.75) is 20.1 Å². The largest absolute Gasteiger partial charge is 0.506 e. The highest BCUT2D eigenvalue weighted by Crippen LogP contribution is 2.26. The summed E-state index contributed by atoms with van der Waals surface area (Å²) >= 11 is 3.34. The zero-order valence-corrected chi connectivity index (χ0v) is 12.0. The summed E-state index contributed by atoms with van der Waals surface area (Å²) in [6.07, 6.45) is 3.26. The molecule has 19 heavy (non-hydrogen) atoms.